The predicted molar refractivity (Wildman–Crippen MR) is 102 cm³/mol. The maximum absolute atomic E-state index is 12.9. The summed E-state index contributed by atoms with van der Waals surface area (Å²) in [6.07, 6.45) is 6.97. The van der Waals surface area contributed by atoms with Crippen LogP contribution in [0.3, 0.4) is 0 Å². The van der Waals surface area contributed by atoms with E-state index in [0.717, 1.165) is 30.2 Å². The molecule has 1 aliphatic heterocycles. The van der Waals surface area contributed by atoms with Crippen LogP contribution in [-0.4, -0.2) is 46.7 Å². The number of imidazole rings is 1. The fraction of sp³-hybridized carbons (Fsp3) is 0.250. The van der Waals surface area contributed by atoms with Gasteiger partial charge in [-0.05, 0) is 18.2 Å². The van der Waals surface area contributed by atoms with Crippen molar-refractivity contribution in [3.63, 3.8) is 0 Å². The molecule has 0 unspecified atom stereocenters. The van der Waals surface area contributed by atoms with Crippen molar-refractivity contribution in [3.8, 4) is 5.82 Å². The molecule has 0 aliphatic carbocycles. The molecule has 2 aromatic heterocycles. The van der Waals surface area contributed by atoms with E-state index in [1.165, 1.54) is 0 Å². The first-order chi connectivity index (χ1) is 13.3. The maximum atomic E-state index is 12.9. The number of ether oxygens (including phenoxy) is 1. The number of nitrogens with one attached hydrogen (secondary N) is 1. The lowest BCUT2D eigenvalue weighted by Gasteiger charge is -2.30. The van der Waals surface area contributed by atoms with Crippen molar-refractivity contribution < 1.29 is 9.53 Å². The number of rotatable bonds is 5. The summed E-state index contributed by atoms with van der Waals surface area (Å²) in [5.41, 5.74) is 2.54. The van der Waals surface area contributed by atoms with E-state index in [0.29, 0.717) is 25.3 Å². The van der Waals surface area contributed by atoms with Crippen molar-refractivity contribution >= 4 is 11.6 Å². The molecular formula is C20H21N5O2. The highest BCUT2D eigenvalue weighted by Gasteiger charge is 2.18. The number of para-hydroxylation sites is 1. The molecule has 1 saturated heterocycles. The van der Waals surface area contributed by atoms with E-state index in [1.807, 2.05) is 47.2 Å². The molecule has 27 heavy (non-hydrogen) atoms. The Hall–Kier alpha value is -3.19. The summed E-state index contributed by atoms with van der Waals surface area (Å²) in [5, 5.41) is 3.03. The first-order valence-electron chi connectivity index (χ1n) is 8.95. The average Bonchev–Trinajstić information content (AvgIpc) is 3.27. The lowest BCUT2D eigenvalue weighted by Crippen LogP contribution is -2.37. The van der Waals surface area contributed by atoms with Gasteiger partial charge in [0.1, 0.15) is 12.1 Å². The van der Waals surface area contributed by atoms with E-state index < -0.39 is 0 Å². The van der Waals surface area contributed by atoms with Crippen LogP contribution in [0.2, 0.25) is 0 Å². The molecule has 0 bridgehead atoms. The Bertz CT molecular complexity index is 904. The standard InChI is InChI=1S/C20H21N5O2/c26-20(17-5-1-2-6-18(17)24-10-12-27-13-11-24)23-14-16-4-3-7-22-19(16)25-9-8-21-15-25/h1-9,15H,10-14H2,(H,23,26). The zero-order valence-corrected chi connectivity index (χ0v) is 14.9. The van der Waals surface area contributed by atoms with Gasteiger partial charge < -0.3 is 15.0 Å². The van der Waals surface area contributed by atoms with Crippen LogP contribution in [0, 0.1) is 0 Å². The fourth-order valence-electron chi connectivity index (χ4n) is 3.20. The number of aromatic nitrogens is 3. The van der Waals surface area contributed by atoms with Crippen LogP contribution in [0.4, 0.5) is 5.69 Å². The number of carbonyl (C=O) groups excluding carboxylic acids is 1. The summed E-state index contributed by atoms with van der Waals surface area (Å²) in [6, 6.07) is 11.5. The van der Waals surface area contributed by atoms with Crippen molar-refractivity contribution in [3.05, 3.63) is 72.4 Å². The monoisotopic (exact) mass is 363 g/mol. The van der Waals surface area contributed by atoms with Crippen molar-refractivity contribution in [2.45, 2.75) is 6.54 Å². The summed E-state index contributed by atoms with van der Waals surface area (Å²) in [4.78, 5) is 23.5. The van der Waals surface area contributed by atoms with Crippen LogP contribution in [0.1, 0.15) is 15.9 Å². The van der Waals surface area contributed by atoms with Crippen LogP contribution in [-0.2, 0) is 11.3 Å². The van der Waals surface area contributed by atoms with Crippen LogP contribution in [0.5, 0.6) is 0 Å². The van der Waals surface area contributed by atoms with E-state index in [9.17, 15) is 4.79 Å². The molecule has 7 heteroatoms. The normalized spacial score (nSPS) is 14.1. The third-order valence-electron chi connectivity index (χ3n) is 4.56. The number of anilines is 1. The largest absolute Gasteiger partial charge is 0.378 e. The highest BCUT2D eigenvalue weighted by Crippen LogP contribution is 2.21. The van der Waals surface area contributed by atoms with E-state index >= 15 is 0 Å². The Morgan fingerprint density at radius 2 is 1.96 bits per heavy atom. The molecule has 1 aromatic carbocycles. The van der Waals surface area contributed by atoms with Gasteiger partial charge in [0.05, 0.1) is 18.8 Å². The van der Waals surface area contributed by atoms with Gasteiger partial charge in [-0.3, -0.25) is 9.36 Å². The molecule has 138 valence electrons. The van der Waals surface area contributed by atoms with Crippen LogP contribution in [0.15, 0.2) is 61.3 Å². The molecule has 0 saturated carbocycles. The van der Waals surface area contributed by atoms with Crippen LogP contribution < -0.4 is 10.2 Å². The smallest absolute Gasteiger partial charge is 0.253 e. The Kier molecular flexibility index (Phi) is 5.11. The summed E-state index contributed by atoms with van der Waals surface area (Å²) < 4.78 is 7.26. The summed E-state index contributed by atoms with van der Waals surface area (Å²) >= 11 is 0. The van der Waals surface area contributed by atoms with Crippen molar-refractivity contribution in [1.29, 1.82) is 0 Å². The van der Waals surface area contributed by atoms with Crippen LogP contribution in [0.25, 0.3) is 5.82 Å². The number of carbonyl (C=O) groups is 1. The van der Waals surface area contributed by atoms with Gasteiger partial charge in [-0.2, -0.15) is 0 Å². The van der Waals surface area contributed by atoms with E-state index in [1.54, 1.807) is 18.7 Å². The number of hydrogen-bond donors (Lipinski definition) is 1. The average molecular weight is 363 g/mol. The number of hydrogen-bond acceptors (Lipinski definition) is 5. The zero-order valence-electron chi connectivity index (χ0n) is 14.9. The molecule has 0 radical (unpaired) electrons. The summed E-state index contributed by atoms with van der Waals surface area (Å²) in [7, 11) is 0. The molecule has 4 rings (SSSR count). The molecule has 7 nitrogen and oxygen atoms in total. The Morgan fingerprint density at radius 3 is 2.78 bits per heavy atom. The first kappa shape index (κ1) is 17.2. The lowest BCUT2D eigenvalue weighted by molar-refractivity contribution is 0.0949. The predicted octanol–water partition coefficient (Wildman–Crippen LogP) is 2.03. The van der Waals surface area contributed by atoms with Crippen molar-refractivity contribution in [1.82, 2.24) is 19.9 Å². The van der Waals surface area contributed by atoms with Gasteiger partial charge in [-0.25, -0.2) is 9.97 Å². The van der Waals surface area contributed by atoms with E-state index in [4.69, 9.17) is 4.74 Å². The van der Waals surface area contributed by atoms with E-state index in [2.05, 4.69) is 20.2 Å². The molecule has 0 atom stereocenters. The fourth-order valence-corrected chi connectivity index (χ4v) is 3.20. The van der Waals surface area contributed by atoms with E-state index in [-0.39, 0.29) is 5.91 Å². The Labute approximate surface area is 157 Å². The lowest BCUT2D eigenvalue weighted by atomic mass is 10.1. The SMILES string of the molecule is O=C(NCc1cccnc1-n1ccnc1)c1ccccc1N1CCOCC1. The van der Waals surface area contributed by atoms with Crippen LogP contribution >= 0.6 is 0 Å². The summed E-state index contributed by atoms with van der Waals surface area (Å²) in [6.45, 7) is 3.33. The number of benzene rings is 1. The second kappa shape index (κ2) is 8.01. The van der Waals surface area contributed by atoms with Gasteiger partial charge in [0.2, 0.25) is 0 Å². The van der Waals surface area contributed by atoms with Gasteiger partial charge >= 0.3 is 0 Å². The highest BCUT2D eigenvalue weighted by molar-refractivity contribution is 5.99. The molecule has 1 aliphatic rings. The first-order valence-corrected chi connectivity index (χ1v) is 8.95. The topological polar surface area (TPSA) is 72.3 Å². The van der Waals surface area contributed by atoms with Gasteiger partial charge in [0, 0.05) is 49.5 Å². The maximum Gasteiger partial charge on any atom is 0.253 e. The Morgan fingerprint density at radius 1 is 1.11 bits per heavy atom. The second-order valence-electron chi connectivity index (χ2n) is 6.26. The molecule has 1 N–H and O–H groups in total. The number of nitrogens with zero attached hydrogens (tertiary/aromatic N) is 4. The minimum absolute atomic E-state index is 0.0995. The van der Waals surface area contributed by atoms with Crippen molar-refractivity contribution in [2.24, 2.45) is 0 Å². The van der Waals surface area contributed by atoms with Crippen molar-refractivity contribution in [2.75, 3.05) is 31.2 Å². The highest BCUT2D eigenvalue weighted by atomic mass is 16.5. The quantitative estimate of drug-likeness (QED) is 0.751. The zero-order chi connectivity index (χ0) is 18.5. The molecule has 3 heterocycles. The molecule has 1 fully saturated rings. The number of amides is 1. The molecular weight excluding hydrogens is 342 g/mol. The molecule has 0 spiro atoms. The molecule has 3 aromatic rings. The van der Waals surface area contributed by atoms with Gasteiger partial charge in [-0.1, -0.05) is 18.2 Å². The molecule has 1 amide bonds. The minimum Gasteiger partial charge on any atom is -0.378 e. The van der Waals surface area contributed by atoms with Gasteiger partial charge in [0.15, 0.2) is 0 Å². The third-order valence-corrected chi connectivity index (χ3v) is 4.56. The number of pyridine rings is 1. The van der Waals surface area contributed by atoms with Gasteiger partial charge in [-0.15, -0.1) is 0 Å². The minimum atomic E-state index is -0.0995. The third kappa shape index (κ3) is 3.83. The van der Waals surface area contributed by atoms with Gasteiger partial charge in [0.25, 0.3) is 5.91 Å². The number of morpholine rings is 1. The second-order valence-corrected chi connectivity index (χ2v) is 6.26. The summed E-state index contributed by atoms with van der Waals surface area (Å²) in [5.74, 6) is 0.661. The Balaban J connectivity index is 1.51.